The topological polar surface area (TPSA) is 89.5 Å². The van der Waals surface area contributed by atoms with Crippen LogP contribution >= 0.6 is 0 Å². The molecular formula is C39H66O8SSi. The highest BCUT2D eigenvalue weighted by Gasteiger charge is 2.45. The molecule has 2 heterocycles. The van der Waals surface area contributed by atoms with Gasteiger partial charge in [0, 0.05) is 19.1 Å². The van der Waals surface area contributed by atoms with E-state index < -0.39 is 18.4 Å². The van der Waals surface area contributed by atoms with Gasteiger partial charge in [0.1, 0.15) is 5.75 Å². The number of hydrogen-bond donors (Lipinski definition) is 0. The first kappa shape index (κ1) is 40.5. The predicted molar refractivity (Wildman–Crippen MR) is 199 cm³/mol. The minimum Gasteiger partial charge on any atom is -0.543 e. The van der Waals surface area contributed by atoms with E-state index in [2.05, 4.69) is 84.1 Å². The van der Waals surface area contributed by atoms with Gasteiger partial charge < -0.3 is 23.4 Å². The Bertz CT molecular complexity index is 1270. The first-order valence-electron chi connectivity index (χ1n) is 19.0. The first-order chi connectivity index (χ1) is 23.1. The van der Waals surface area contributed by atoms with Crippen molar-refractivity contribution in [1.29, 1.82) is 0 Å². The van der Waals surface area contributed by atoms with Gasteiger partial charge in [-0.05, 0) is 111 Å². The second kappa shape index (κ2) is 18.5. The smallest absolute Gasteiger partial charge is 0.264 e. The zero-order chi connectivity index (χ0) is 35.7. The first-order valence-corrected chi connectivity index (χ1v) is 23.7. The summed E-state index contributed by atoms with van der Waals surface area (Å²) in [5, 5.41) is 0.0834. The fourth-order valence-corrected chi connectivity index (χ4v) is 8.70. The number of ether oxygens (including phenoxy) is 4. The summed E-state index contributed by atoms with van der Waals surface area (Å²) in [7, 11) is -5.63. The molecule has 0 spiro atoms. The summed E-state index contributed by atoms with van der Waals surface area (Å²) in [4.78, 5) is 0. The second-order valence-corrected chi connectivity index (χ2v) is 22.8. The zero-order valence-electron chi connectivity index (χ0n) is 31.7. The largest absolute Gasteiger partial charge is 0.543 e. The van der Waals surface area contributed by atoms with E-state index in [4.69, 9.17) is 27.6 Å². The molecule has 3 aliphatic rings. The summed E-state index contributed by atoms with van der Waals surface area (Å²) in [6, 6.07) is 8.46. The van der Waals surface area contributed by atoms with Gasteiger partial charge in [-0.1, -0.05) is 71.7 Å². The molecule has 1 aromatic carbocycles. The van der Waals surface area contributed by atoms with Gasteiger partial charge in [-0.25, -0.2) is 0 Å². The van der Waals surface area contributed by atoms with Gasteiger partial charge in [0.05, 0.1) is 25.1 Å². The Balaban J connectivity index is 1.66. The molecule has 49 heavy (non-hydrogen) atoms. The van der Waals surface area contributed by atoms with Crippen LogP contribution in [0.2, 0.25) is 18.1 Å². The van der Waals surface area contributed by atoms with Crippen molar-refractivity contribution >= 4 is 18.4 Å². The van der Waals surface area contributed by atoms with Crippen LogP contribution in [-0.4, -0.2) is 67.6 Å². The molecule has 10 heteroatoms. The molecule has 2 saturated heterocycles. The lowest BCUT2D eigenvalue weighted by Crippen LogP contribution is -2.43. The minimum atomic E-state index is -3.61. The van der Waals surface area contributed by atoms with E-state index in [1.54, 1.807) is 0 Å². The fourth-order valence-electron chi connectivity index (χ4n) is 7.26. The molecule has 1 aromatic rings. The van der Waals surface area contributed by atoms with Crippen LogP contribution in [0.1, 0.15) is 104 Å². The molecule has 2 aliphatic heterocycles. The van der Waals surface area contributed by atoms with Gasteiger partial charge in [-0.15, -0.1) is 0 Å². The van der Waals surface area contributed by atoms with Crippen LogP contribution < -0.4 is 4.43 Å². The quantitative estimate of drug-likeness (QED) is 0.0894. The predicted octanol–water partition coefficient (Wildman–Crippen LogP) is 9.05. The maximum atomic E-state index is 12.2. The Morgan fingerprint density at radius 3 is 2.35 bits per heavy atom. The molecule has 8 nitrogen and oxygen atoms in total. The SMILES string of the molecule is CCC[C@H](C)C[C@@H](/C=C/[C@@H]1[C@@H](Cc2cccc(O[Si](C)(C)C(C)(C)C)c2)[C@@H](COS(C)(=O)=O)C[C@H]1O[C@@H]1CCCCO1)O[C@@H]1CCCCO1. The van der Waals surface area contributed by atoms with E-state index in [9.17, 15) is 8.42 Å². The third-order valence-electron chi connectivity index (χ3n) is 11.0. The molecule has 0 N–H and O–H groups in total. The van der Waals surface area contributed by atoms with Crippen LogP contribution in [0.5, 0.6) is 5.75 Å². The minimum absolute atomic E-state index is 0.0171. The van der Waals surface area contributed by atoms with Crippen molar-refractivity contribution in [3.05, 3.63) is 42.0 Å². The Morgan fingerprint density at radius 1 is 1.04 bits per heavy atom. The third kappa shape index (κ3) is 13.0. The lowest BCUT2D eigenvalue weighted by Gasteiger charge is -2.36. The maximum absolute atomic E-state index is 12.2. The average molecular weight is 723 g/mol. The van der Waals surface area contributed by atoms with Crippen molar-refractivity contribution in [3.8, 4) is 5.75 Å². The van der Waals surface area contributed by atoms with Crippen molar-refractivity contribution < 1.29 is 36.0 Å². The fraction of sp³-hybridized carbons (Fsp3) is 0.795. The van der Waals surface area contributed by atoms with Crippen molar-refractivity contribution in [2.24, 2.45) is 23.7 Å². The van der Waals surface area contributed by atoms with Crippen LogP contribution in [-0.2, 0) is 39.7 Å². The van der Waals surface area contributed by atoms with E-state index in [0.29, 0.717) is 18.9 Å². The van der Waals surface area contributed by atoms with Gasteiger partial charge in [-0.2, -0.15) is 8.42 Å². The van der Waals surface area contributed by atoms with E-state index in [1.807, 2.05) is 0 Å². The lowest BCUT2D eigenvalue weighted by molar-refractivity contribution is -0.193. The average Bonchev–Trinajstić information content (AvgIpc) is 3.34. The van der Waals surface area contributed by atoms with E-state index in [1.165, 1.54) is 5.56 Å². The molecule has 1 saturated carbocycles. The standard InChI is InChI=1S/C39H66O8SSi/c1-9-15-29(2)24-32(45-37-18-10-12-22-42-37)20-21-34-35(26-30-16-14-17-33(25-30)47-49(7,8)39(3,4)5)31(28-44-48(6,40)41)27-36(34)46-38-19-11-13-23-43-38/h14,16-17,20-21,25,29,31-32,34-38H,9-13,15,18-19,22-24,26-28H2,1-8H3/b21-20+/t29-,31+,32+,34+,35-,36+,37+,38+/m0/s1. The zero-order valence-corrected chi connectivity index (χ0v) is 33.5. The van der Waals surface area contributed by atoms with Crippen LogP contribution in [0.15, 0.2) is 36.4 Å². The summed E-state index contributed by atoms with van der Waals surface area (Å²) >= 11 is 0. The highest BCUT2D eigenvalue weighted by Crippen LogP contribution is 2.44. The normalized spacial score (nSPS) is 28.5. The Hall–Kier alpha value is -1.27. The van der Waals surface area contributed by atoms with Crippen molar-refractivity contribution in [2.75, 3.05) is 26.1 Å². The van der Waals surface area contributed by atoms with Gasteiger partial charge in [0.2, 0.25) is 8.32 Å². The van der Waals surface area contributed by atoms with Gasteiger partial charge in [-0.3, -0.25) is 4.18 Å². The van der Waals surface area contributed by atoms with Gasteiger partial charge in [0.15, 0.2) is 12.6 Å². The summed E-state index contributed by atoms with van der Waals surface area (Å²) < 4.78 is 62.1. The van der Waals surface area contributed by atoms with Crippen molar-refractivity contribution in [2.45, 2.75) is 148 Å². The molecule has 0 unspecified atom stereocenters. The second-order valence-electron chi connectivity index (χ2n) is 16.4. The Morgan fingerprint density at radius 2 is 1.73 bits per heavy atom. The molecule has 280 valence electrons. The molecule has 0 radical (unpaired) electrons. The monoisotopic (exact) mass is 722 g/mol. The number of rotatable bonds is 17. The van der Waals surface area contributed by atoms with Gasteiger partial charge in [0.25, 0.3) is 10.1 Å². The third-order valence-corrected chi connectivity index (χ3v) is 15.9. The maximum Gasteiger partial charge on any atom is 0.264 e. The van der Waals surface area contributed by atoms with E-state index in [0.717, 1.165) is 82.8 Å². The van der Waals surface area contributed by atoms with Crippen molar-refractivity contribution in [1.82, 2.24) is 0 Å². The van der Waals surface area contributed by atoms with E-state index >= 15 is 0 Å². The highest BCUT2D eigenvalue weighted by molar-refractivity contribution is 7.85. The molecule has 4 rings (SSSR count). The Labute approximate surface area is 299 Å². The van der Waals surface area contributed by atoms with E-state index in [-0.39, 0.29) is 54.2 Å². The van der Waals surface area contributed by atoms with Crippen LogP contribution in [0.4, 0.5) is 0 Å². The molecule has 3 fully saturated rings. The summed E-state index contributed by atoms with van der Waals surface area (Å²) in [6.07, 6.45) is 15.8. The number of benzene rings is 1. The molecule has 0 aromatic heterocycles. The van der Waals surface area contributed by atoms with Crippen LogP contribution in [0, 0.1) is 23.7 Å². The molecular weight excluding hydrogens is 657 g/mol. The van der Waals surface area contributed by atoms with Gasteiger partial charge >= 0.3 is 0 Å². The lowest BCUT2D eigenvalue weighted by atomic mass is 9.83. The molecule has 0 amide bonds. The molecule has 1 aliphatic carbocycles. The van der Waals surface area contributed by atoms with Crippen molar-refractivity contribution in [3.63, 3.8) is 0 Å². The number of hydrogen-bond acceptors (Lipinski definition) is 8. The molecule has 0 bridgehead atoms. The highest BCUT2D eigenvalue weighted by atomic mass is 32.2. The molecule has 8 atom stereocenters. The summed E-state index contributed by atoms with van der Waals surface area (Å²) in [6.45, 7) is 17.4. The Kier molecular flexibility index (Phi) is 15.3. The summed E-state index contributed by atoms with van der Waals surface area (Å²) in [5.74, 6) is 1.48. The summed E-state index contributed by atoms with van der Waals surface area (Å²) in [5.41, 5.74) is 1.17. The van der Waals surface area contributed by atoms with Crippen LogP contribution in [0.3, 0.4) is 0 Å². The van der Waals surface area contributed by atoms with Crippen LogP contribution in [0.25, 0.3) is 0 Å².